The third-order valence-corrected chi connectivity index (χ3v) is 4.33. The van der Waals surface area contributed by atoms with Crippen molar-refractivity contribution < 1.29 is 14.6 Å². The van der Waals surface area contributed by atoms with E-state index in [4.69, 9.17) is 9.84 Å². The summed E-state index contributed by atoms with van der Waals surface area (Å²) in [6, 6.07) is 7.44. The Morgan fingerprint density at radius 2 is 1.96 bits per heavy atom. The van der Waals surface area contributed by atoms with Gasteiger partial charge < -0.3 is 14.7 Å². The monoisotopic (exact) mass is 334 g/mol. The summed E-state index contributed by atoms with van der Waals surface area (Å²) < 4.78 is 5.62. The lowest BCUT2D eigenvalue weighted by Gasteiger charge is -2.21. The summed E-state index contributed by atoms with van der Waals surface area (Å²) >= 11 is 1.43. The lowest BCUT2D eigenvalue weighted by molar-refractivity contribution is 0.0677. The summed E-state index contributed by atoms with van der Waals surface area (Å²) in [5.41, 5.74) is 1.35. The molecular weight excluding hydrogens is 312 g/mol. The fourth-order valence-electron chi connectivity index (χ4n) is 1.96. The first-order chi connectivity index (χ1) is 10.9. The lowest BCUT2D eigenvalue weighted by atomic mass is 10.2. The highest BCUT2D eigenvalue weighted by Crippen LogP contribution is 2.26. The third kappa shape index (κ3) is 4.30. The summed E-state index contributed by atoms with van der Waals surface area (Å²) in [6.45, 7) is 5.68. The van der Waals surface area contributed by atoms with Gasteiger partial charge >= 0.3 is 0 Å². The average molecular weight is 334 g/mol. The molecule has 1 aromatic heterocycles. The van der Waals surface area contributed by atoms with Crippen LogP contribution in [0, 0.1) is 0 Å². The highest BCUT2D eigenvalue weighted by Gasteiger charge is 2.19. The minimum atomic E-state index is -0.236. The van der Waals surface area contributed by atoms with E-state index in [-0.39, 0.29) is 24.7 Å². The molecule has 0 saturated carbocycles. The smallest absolute Gasteiger partial charge is 0.273 e. The first-order valence-electron chi connectivity index (χ1n) is 7.53. The SMILES string of the molecule is CC(C)Oc1ccc(-c2nc(C(=O)N(C)C(C)CO)cs2)cc1. The molecule has 1 atom stereocenters. The van der Waals surface area contributed by atoms with Gasteiger partial charge in [-0.3, -0.25) is 4.79 Å². The van der Waals surface area contributed by atoms with E-state index < -0.39 is 0 Å². The predicted molar refractivity (Wildman–Crippen MR) is 92.0 cm³/mol. The molecule has 0 radical (unpaired) electrons. The normalized spacial score (nSPS) is 12.3. The van der Waals surface area contributed by atoms with E-state index in [0.717, 1.165) is 16.3 Å². The van der Waals surface area contributed by atoms with Crippen LogP contribution in [0.25, 0.3) is 10.6 Å². The number of nitrogens with zero attached hydrogens (tertiary/aromatic N) is 2. The number of hydrogen-bond donors (Lipinski definition) is 1. The summed E-state index contributed by atoms with van der Waals surface area (Å²) in [5.74, 6) is 0.627. The number of carbonyl (C=O) groups is 1. The quantitative estimate of drug-likeness (QED) is 0.882. The van der Waals surface area contributed by atoms with Crippen LogP contribution in [-0.2, 0) is 0 Å². The van der Waals surface area contributed by atoms with Crippen molar-refractivity contribution in [2.24, 2.45) is 0 Å². The van der Waals surface area contributed by atoms with Crippen LogP contribution in [0.2, 0.25) is 0 Å². The van der Waals surface area contributed by atoms with Gasteiger partial charge in [-0.1, -0.05) is 0 Å². The molecule has 0 aliphatic rings. The molecule has 2 rings (SSSR count). The fourth-order valence-corrected chi connectivity index (χ4v) is 2.76. The molecule has 0 saturated heterocycles. The molecule has 1 heterocycles. The summed E-state index contributed by atoms with van der Waals surface area (Å²) in [6.07, 6.45) is 0.133. The second-order valence-electron chi connectivity index (χ2n) is 5.68. The maximum absolute atomic E-state index is 12.3. The maximum atomic E-state index is 12.3. The third-order valence-electron chi connectivity index (χ3n) is 3.44. The van der Waals surface area contributed by atoms with E-state index in [1.165, 1.54) is 16.2 Å². The molecule has 6 heteroatoms. The predicted octanol–water partition coefficient (Wildman–Crippen LogP) is 3.05. The molecule has 0 aliphatic carbocycles. The zero-order valence-corrected chi connectivity index (χ0v) is 14.6. The fraction of sp³-hybridized carbons (Fsp3) is 0.412. The van der Waals surface area contributed by atoms with Crippen LogP contribution in [0.15, 0.2) is 29.6 Å². The zero-order chi connectivity index (χ0) is 17.0. The van der Waals surface area contributed by atoms with Crippen LogP contribution in [0.3, 0.4) is 0 Å². The van der Waals surface area contributed by atoms with Crippen LogP contribution < -0.4 is 4.74 Å². The number of likely N-dealkylation sites (N-methyl/N-ethyl adjacent to an activating group) is 1. The van der Waals surface area contributed by atoms with Crippen molar-refractivity contribution in [3.63, 3.8) is 0 Å². The van der Waals surface area contributed by atoms with Gasteiger partial charge in [-0.2, -0.15) is 0 Å². The molecule has 0 spiro atoms. The lowest BCUT2D eigenvalue weighted by Crippen LogP contribution is -2.37. The molecule has 0 aliphatic heterocycles. The van der Waals surface area contributed by atoms with Gasteiger partial charge in [0.2, 0.25) is 0 Å². The Hall–Kier alpha value is -1.92. The van der Waals surface area contributed by atoms with Gasteiger partial charge in [-0.25, -0.2) is 4.98 Å². The van der Waals surface area contributed by atoms with Gasteiger partial charge in [0.15, 0.2) is 0 Å². The van der Waals surface area contributed by atoms with E-state index in [1.807, 2.05) is 38.1 Å². The van der Waals surface area contributed by atoms with Crippen molar-refractivity contribution in [2.75, 3.05) is 13.7 Å². The number of thiazole rings is 1. The maximum Gasteiger partial charge on any atom is 0.273 e. The van der Waals surface area contributed by atoms with Gasteiger partial charge in [0.1, 0.15) is 16.5 Å². The van der Waals surface area contributed by atoms with Crippen molar-refractivity contribution >= 4 is 17.2 Å². The number of ether oxygens (including phenoxy) is 1. The largest absolute Gasteiger partial charge is 0.491 e. The Balaban J connectivity index is 2.14. The van der Waals surface area contributed by atoms with Gasteiger partial charge in [0.05, 0.1) is 18.8 Å². The van der Waals surface area contributed by atoms with Gasteiger partial charge in [-0.05, 0) is 45.0 Å². The topological polar surface area (TPSA) is 62.7 Å². The molecule has 1 unspecified atom stereocenters. The number of hydrogen-bond acceptors (Lipinski definition) is 5. The van der Waals surface area contributed by atoms with E-state index in [9.17, 15) is 4.79 Å². The molecule has 2 aromatic rings. The first-order valence-corrected chi connectivity index (χ1v) is 8.41. The van der Waals surface area contributed by atoms with Gasteiger partial charge in [0, 0.05) is 18.0 Å². The Labute approximate surface area is 140 Å². The minimum absolute atomic E-state index is 0.0729. The molecule has 5 nitrogen and oxygen atoms in total. The highest BCUT2D eigenvalue weighted by molar-refractivity contribution is 7.13. The van der Waals surface area contributed by atoms with E-state index >= 15 is 0 Å². The summed E-state index contributed by atoms with van der Waals surface area (Å²) in [4.78, 5) is 18.2. The van der Waals surface area contributed by atoms with E-state index in [0.29, 0.717) is 5.69 Å². The van der Waals surface area contributed by atoms with Crippen LogP contribution in [0.1, 0.15) is 31.3 Å². The summed E-state index contributed by atoms with van der Waals surface area (Å²) in [5, 5.41) is 11.7. The van der Waals surface area contributed by atoms with Gasteiger partial charge in [-0.15, -0.1) is 11.3 Å². The highest BCUT2D eigenvalue weighted by atomic mass is 32.1. The second kappa shape index (κ2) is 7.57. The number of aliphatic hydroxyl groups is 1. The molecule has 1 aromatic carbocycles. The average Bonchev–Trinajstić information content (AvgIpc) is 3.02. The zero-order valence-electron chi connectivity index (χ0n) is 13.8. The molecule has 0 fully saturated rings. The number of aliphatic hydroxyl groups excluding tert-OH is 1. The van der Waals surface area contributed by atoms with Crippen molar-refractivity contribution in [3.8, 4) is 16.3 Å². The van der Waals surface area contributed by atoms with Gasteiger partial charge in [0.25, 0.3) is 5.91 Å². The Morgan fingerprint density at radius 1 is 1.30 bits per heavy atom. The van der Waals surface area contributed by atoms with Crippen molar-refractivity contribution in [1.82, 2.24) is 9.88 Å². The first kappa shape index (κ1) is 17.4. The number of rotatable bonds is 6. The minimum Gasteiger partial charge on any atom is -0.491 e. The molecule has 124 valence electrons. The van der Waals surface area contributed by atoms with Crippen LogP contribution in [0.5, 0.6) is 5.75 Å². The number of aromatic nitrogens is 1. The molecule has 1 N–H and O–H groups in total. The Morgan fingerprint density at radius 3 is 2.52 bits per heavy atom. The number of benzene rings is 1. The summed E-state index contributed by atoms with van der Waals surface area (Å²) in [7, 11) is 1.67. The number of amides is 1. The number of carbonyl (C=O) groups excluding carboxylic acids is 1. The van der Waals surface area contributed by atoms with Crippen LogP contribution in [-0.4, -0.2) is 46.7 Å². The van der Waals surface area contributed by atoms with E-state index in [1.54, 1.807) is 19.4 Å². The second-order valence-corrected chi connectivity index (χ2v) is 6.53. The van der Waals surface area contributed by atoms with Crippen molar-refractivity contribution in [2.45, 2.75) is 32.9 Å². The van der Waals surface area contributed by atoms with E-state index in [2.05, 4.69) is 4.98 Å². The van der Waals surface area contributed by atoms with Crippen LogP contribution in [0.4, 0.5) is 0 Å². The molecular formula is C17H22N2O3S. The molecule has 23 heavy (non-hydrogen) atoms. The van der Waals surface area contributed by atoms with Crippen molar-refractivity contribution in [3.05, 3.63) is 35.3 Å². The van der Waals surface area contributed by atoms with Crippen LogP contribution >= 0.6 is 11.3 Å². The molecule has 0 bridgehead atoms. The molecule has 1 amide bonds. The standard InChI is InChI=1S/C17H22N2O3S/c1-11(2)22-14-7-5-13(6-8-14)16-18-15(10-23-16)17(21)19(4)12(3)9-20/h5-8,10-12,20H,9H2,1-4H3. The van der Waals surface area contributed by atoms with Crippen molar-refractivity contribution in [1.29, 1.82) is 0 Å². The Kier molecular flexibility index (Phi) is 5.74. The Bertz CT molecular complexity index is 652.